The molecule has 11 nitrogen and oxygen atoms in total. The molecule has 4 aromatic rings. The highest BCUT2D eigenvalue weighted by molar-refractivity contribution is 7.92. The van der Waals surface area contributed by atoms with Crippen molar-refractivity contribution >= 4 is 44.3 Å². The van der Waals surface area contributed by atoms with Crippen molar-refractivity contribution in [2.75, 3.05) is 31.3 Å². The zero-order valence-corrected chi connectivity index (χ0v) is 22.7. The van der Waals surface area contributed by atoms with Crippen molar-refractivity contribution in [3.8, 4) is 11.5 Å². The van der Waals surface area contributed by atoms with Gasteiger partial charge >= 0.3 is 0 Å². The van der Waals surface area contributed by atoms with Gasteiger partial charge in [-0.05, 0) is 30.3 Å². The summed E-state index contributed by atoms with van der Waals surface area (Å²) < 4.78 is 40.3. The molecule has 0 fully saturated rings. The van der Waals surface area contributed by atoms with E-state index in [1.54, 1.807) is 72.2 Å². The molecule has 0 spiro atoms. The monoisotopic (exact) mass is 558 g/mol. The second-order valence-electron chi connectivity index (χ2n) is 8.74. The number of hydrogen-bond donors (Lipinski definition) is 2. The van der Waals surface area contributed by atoms with Crippen LogP contribution in [-0.2, 0) is 10.0 Å². The number of carbonyl (C=O) groups excluding carboxylic acids is 1. The number of carbonyl (C=O) groups is 1. The summed E-state index contributed by atoms with van der Waals surface area (Å²) >= 11 is 0. The van der Waals surface area contributed by atoms with Gasteiger partial charge < -0.3 is 19.7 Å². The zero-order valence-electron chi connectivity index (χ0n) is 21.9. The highest BCUT2D eigenvalue weighted by Crippen LogP contribution is 2.31. The van der Waals surface area contributed by atoms with Crippen molar-refractivity contribution < 1.29 is 22.7 Å². The maximum absolute atomic E-state index is 13.5. The Kier molecular flexibility index (Phi) is 7.25. The third-order valence-electron chi connectivity index (χ3n) is 5.97. The predicted octanol–water partition coefficient (Wildman–Crippen LogP) is 4.52. The van der Waals surface area contributed by atoms with Crippen molar-refractivity contribution in [3.63, 3.8) is 0 Å². The molecule has 12 heteroatoms. The third kappa shape index (κ3) is 5.66. The summed E-state index contributed by atoms with van der Waals surface area (Å²) in [6.07, 6.45) is 6.62. The second kappa shape index (κ2) is 10.9. The van der Waals surface area contributed by atoms with E-state index >= 15 is 0 Å². The molecule has 2 N–H and O–H groups in total. The smallest absolute Gasteiger partial charge is 0.263 e. The fourth-order valence-corrected chi connectivity index (χ4v) is 4.95. The van der Waals surface area contributed by atoms with Gasteiger partial charge in [-0.3, -0.25) is 14.4 Å². The first-order valence-corrected chi connectivity index (χ1v) is 13.5. The zero-order chi connectivity index (χ0) is 28.3. The second-order valence-corrected chi connectivity index (χ2v) is 10.4. The molecule has 0 aliphatic carbocycles. The fourth-order valence-electron chi connectivity index (χ4n) is 3.89. The van der Waals surface area contributed by atoms with Crippen LogP contribution in [-0.4, -0.2) is 55.4 Å². The molecule has 1 aliphatic rings. The first-order valence-electron chi connectivity index (χ1n) is 12.1. The van der Waals surface area contributed by atoms with Crippen LogP contribution in [0.3, 0.4) is 0 Å². The van der Waals surface area contributed by atoms with Crippen LogP contribution in [0.2, 0.25) is 0 Å². The number of ether oxygens (including phenoxy) is 2. The summed E-state index contributed by atoms with van der Waals surface area (Å²) in [5.41, 5.74) is 1.80. The lowest BCUT2D eigenvalue weighted by atomic mass is 10.2. The quantitative estimate of drug-likeness (QED) is 0.321. The number of amides is 1. The molecular formula is C28H26N6O5S. The number of sulfonamides is 1. The SMILES string of the molecule is COc1cc(Nc2nc3ccccc3nc2NS(=O)(=O)c2cccc(C(=O)N3C=CN(C)C=C3)c2)cc(OC)c1. The lowest BCUT2D eigenvalue weighted by molar-refractivity contribution is 0.0864. The van der Waals surface area contributed by atoms with Gasteiger partial charge in [-0.2, -0.15) is 0 Å². The number of hydrogen-bond acceptors (Lipinski definition) is 9. The molecule has 1 amide bonds. The summed E-state index contributed by atoms with van der Waals surface area (Å²) in [5.74, 6) is 0.825. The molecule has 1 aliphatic heterocycles. The van der Waals surface area contributed by atoms with Gasteiger partial charge in [-0.1, -0.05) is 18.2 Å². The largest absolute Gasteiger partial charge is 0.497 e. The van der Waals surface area contributed by atoms with Crippen LogP contribution in [0.5, 0.6) is 11.5 Å². The van der Waals surface area contributed by atoms with E-state index in [1.165, 1.54) is 37.3 Å². The highest BCUT2D eigenvalue weighted by Gasteiger charge is 2.22. The van der Waals surface area contributed by atoms with Gasteiger partial charge in [0.2, 0.25) is 0 Å². The van der Waals surface area contributed by atoms with Crippen molar-refractivity contribution in [1.82, 2.24) is 19.8 Å². The number of nitrogens with zero attached hydrogens (tertiary/aromatic N) is 4. The fraction of sp³-hybridized carbons (Fsp3) is 0.107. The van der Waals surface area contributed by atoms with Gasteiger partial charge in [0.25, 0.3) is 15.9 Å². The van der Waals surface area contributed by atoms with Crippen LogP contribution in [0.1, 0.15) is 10.4 Å². The van der Waals surface area contributed by atoms with E-state index in [2.05, 4.69) is 20.0 Å². The van der Waals surface area contributed by atoms with Crippen LogP contribution in [0.15, 0.2) is 96.4 Å². The normalized spacial score (nSPS) is 12.9. The van der Waals surface area contributed by atoms with E-state index in [-0.39, 0.29) is 28.0 Å². The van der Waals surface area contributed by atoms with Gasteiger partial charge in [0, 0.05) is 61.3 Å². The van der Waals surface area contributed by atoms with E-state index in [9.17, 15) is 13.2 Å². The lowest BCUT2D eigenvalue weighted by Gasteiger charge is -2.20. The number of nitrogens with one attached hydrogen (secondary N) is 2. The molecule has 0 saturated carbocycles. The predicted molar refractivity (Wildman–Crippen MR) is 152 cm³/mol. The molecule has 2 heterocycles. The Morgan fingerprint density at radius 2 is 1.43 bits per heavy atom. The number of anilines is 3. The third-order valence-corrected chi connectivity index (χ3v) is 7.30. The molecule has 40 heavy (non-hydrogen) atoms. The molecule has 0 radical (unpaired) electrons. The number of rotatable bonds is 8. The van der Waals surface area contributed by atoms with E-state index in [4.69, 9.17) is 9.47 Å². The maximum atomic E-state index is 13.5. The molecule has 204 valence electrons. The number of benzene rings is 3. The Labute approximate surface area is 231 Å². The Balaban J connectivity index is 1.50. The topological polar surface area (TPSA) is 126 Å². The summed E-state index contributed by atoms with van der Waals surface area (Å²) in [5, 5.41) is 3.12. The molecule has 3 aromatic carbocycles. The van der Waals surface area contributed by atoms with Crippen LogP contribution in [0.25, 0.3) is 11.0 Å². The molecule has 5 rings (SSSR count). The van der Waals surface area contributed by atoms with E-state index in [1.807, 2.05) is 13.1 Å². The molecule has 0 atom stereocenters. The van der Waals surface area contributed by atoms with Gasteiger partial charge in [0.1, 0.15) is 11.5 Å². The van der Waals surface area contributed by atoms with Crippen LogP contribution in [0.4, 0.5) is 17.3 Å². The Morgan fingerprint density at radius 3 is 2.05 bits per heavy atom. The minimum absolute atomic E-state index is 0.0258. The number of methoxy groups -OCH3 is 2. The molecule has 0 saturated heterocycles. The summed E-state index contributed by atoms with van der Waals surface area (Å²) in [4.78, 5) is 25.2. The molecule has 1 aromatic heterocycles. The van der Waals surface area contributed by atoms with Gasteiger partial charge in [-0.15, -0.1) is 0 Å². The van der Waals surface area contributed by atoms with Gasteiger partial charge in [0.15, 0.2) is 11.6 Å². The van der Waals surface area contributed by atoms with Crippen LogP contribution < -0.4 is 19.5 Å². The van der Waals surface area contributed by atoms with Crippen molar-refractivity contribution in [2.24, 2.45) is 0 Å². The molecule has 0 bridgehead atoms. The van der Waals surface area contributed by atoms with E-state index < -0.39 is 10.0 Å². The first-order chi connectivity index (χ1) is 19.3. The number of aromatic nitrogens is 2. The summed E-state index contributed by atoms with van der Waals surface area (Å²) in [6.45, 7) is 0. The number of fused-ring (bicyclic) bond motifs is 1. The average Bonchev–Trinajstić information content (AvgIpc) is 2.97. The Morgan fingerprint density at radius 1 is 0.800 bits per heavy atom. The van der Waals surface area contributed by atoms with E-state index in [0.29, 0.717) is 28.2 Å². The van der Waals surface area contributed by atoms with Gasteiger partial charge in [-0.25, -0.2) is 18.4 Å². The first kappa shape index (κ1) is 26.5. The van der Waals surface area contributed by atoms with Crippen LogP contribution in [0, 0.1) is 0 Å². The molecule has 0 unspecified atom stereocenters. The minimum atomic E-state index is -4.17. The van der Waals surface area contributed by atoms with Crippen molar-refractivity contribution in [2.45, 2.75) is 4.90 Å². The average molecular weight is 559 g/mol. The minimum Gasteiger partial charge on any atom is -0.497 e. The maximum Gasteiger partial charge on any atom is 0.263 e. The number of para-hydroxylation sites is 2. The van der Waals surface area contributed by atoms with Crippen molar-refractivity contribution in [3.05, 3.63) is 97.1 Å². The Bertz CT molecular complexity index is 1720. The summed E-state index contributed by atoms with van der Waals surface area (Å²) in [7, 11) is 0.718. The molecular weight excluding hydrogens is 532 g/mol. The Hall–Kier alpha value is -5.10. The standard InChI is InChI=1S/C28H26N6O5S/c1-33-11-13-34(14-12-33)28(35)19-7-6-8-23(15-19)40(36,37)32-27-26(30-24-9-4-5-10-25(24)31-27)29-20-16-21(38-2)18-22(17-20)39-3/h4-18H,1-3H3,(H,29,30)(H,31,32). The summed E-state index contributed by atoms with van der Waals surface area (Å²) in [6, 6.07) is 18.0. The highest BCUT2D eigenvalue weighted by atomic mass is 32.2. The van der Waals surface area contributed by atoms with E-state index in [0.717, 1.165) is 0 Å². The lowest BCUT2D eigenvalue weighted by Crippen LogP contribution is -2.24. The van der Waals surface area contributed by atoms with Crippen LogP contribution >= 0.6 is 0 Å². The van der Waals surface area contributed by atoms with Crippen molar-refractivity contribution in [1.29, 1.82) is 0 Å². The van der Waals surface area contributed by atoms with Gasteiger partial charge in [0.05, 0.1) is 30.1 Å².